The normalized spacial score (nSPS) is 13.5. The quantitative estimate of drug-likeness (QED) is 0.889. The highest BCUT2D eigenvalue weighted by Gasteiger charge is 2.24. The molecule has 0 amide bonds. The van der Waals surface area contributed by atoms with Crippen LogP contribution < -0.4 is 5.32 Å². The summed E-state index contributed by atoms with van der Waals surface area (Å²) in [6.07, 6.45) is 0. The van der Waals surface area contributed by atoms with Gasteiger partial charge in [0.25, 0.3) is 0 Å². The average Bonchev–Trinajstić information content (AvgIpc) is 2.69. The molecule has 1 atom stereocenters. The number of nitrogens with one attached hydrogen (secondary N) is 1. The molecule has 2 aromatic rings. The van der Waals surface area contributed by atoms with Crippen LogP contribution in [0.3, 0.4) is 0 Å². The van der Waals surface area contributed by atoms with Crippen LogP contribution in [0.1, 0.15) is 55.0 Å². The molecule has 1 N–H and O–H groups in total. The smallest absolute Gasteiger partial charge is 0.106 e. The third-order valence-corrected chi connectivity index (χ3v) is 3.76. The van der Waals surface area contributed by atoms with Crippen molar-refractivity contribution in [2.45, 2.75) is 46.1 Å². The number of hydrogen-bond acceptors (Lipinski definition) is 2. The van der Waals surface area contributed by atoms with Crippen molar-refractivity contribution in [3.05, 3.63) is 58.5 Å². The third-order valence-electron chi connectivity index (χ3n) is 3.76. The Balaban J connectivity index is 2.56. The van der Waals surface area contributed by atoms with E-state index in [9.17, 15) is 0 Å². The van der Waals surface area contributed by atoms with Crippen LogP contribution in [-0.4, -0.2) is 7.05 Å². The lowest BCUT2D eigenvalue weighted by Crippen LogP contribution is -2.23. The zero-order valence-electron chi connectivity index (χ0n) is 13.4. The van der Waals surface area contributed by atoms with E-state index in [0.717, 1.165) is 11.5 Å². The first-order chi connectivity index (χ1) is 9.34. The molecule has 0 fully saturated rings. The van der Waals surface area contributed by atoms with Gasteiger partial charge in [-0.05, 0) is 43.5 Å². The van der Waals surface area contributed by atoms with E-state index in [2.05, 4.69) is 56.4 Å². The molecule has 0 aliphatic carbocycles. The fraction of sp³-hybridized carbons (Fsp3) is 0.444. The van der Waals surface area contributed by atoms with Crippen LogP contribution >= 0.6 is 0 Å². The molecule has 0 bridgehead atoms. The van der Waals surface area contributed by atoms with Gasteiger partial charge >= 0.3 is 0 Å². The van der Waals surface area contributed by atoms with Gasteiger partial charge in [0.05, 0.1) is 6.04 Å². The minimum absolute atomic E-state index is 0.123. The number of rotatable bonds is 3. The zero-order valence-corrected chi connectivity index (χ0v) is 13.4. The average molecular weight is 271 g/mol. The van der Waals surface area contributed by atoms with Crippen LogP contribution in [0, 0.1) is 13.8 Å². The van der Waals surface area contributed by atoms with Gasteiger partial charge in [-0.15, -0.1) is 0 Å². The van der Waals surface area contributed by atoms with Crippen LogP contribution in [0.5, 0.6) is 0 Å². The van der Waals surface area contributed by atoms with E-state index >= 15 is 0 Å². The molecule has 1 heterocycles. The zero-order chi connectivity index (χ0) is 14.9. The molecule has 1 unspecified atom stereocenters. The molecule has 0 saturated heterocycles. The van der Waals surface area contributed by atoms with Crippen molar-refractivity contribution in [1.29, 1.82) is 0 Å². The maximum Gasteiger partial charge on any atom is 0.106 e. The van der Waals surface area contributed by atoms with Crippen LogP contribution in [0.25, 0.3) is 0 Å². The molecule has 2 nitrogen and oxygen atoms in total. The molecule has 1 aromatic carbocycles. The summed E-state index contributed by atoms with van der Waals surface area (Å²) in [4.78, 5) is 0. The van der Waals surface area contributed by atoms with Gasteiger partial charge in [0.1, 0.15) is 11.5 Å². The van der Waals surface area contributed by atoms with Gasteiger partial charge in [0.2, 0.25) is 0 Å². The van der Waals surface area contributed by atoms with Crippen molar-refractivity contribution in [3.63, 3.8) is 0 Å². The first kappa shape index (κ1) is 14.9. The topological polar surface area (TPSA) is 25.2 Å². The number of benzene rings is 1. The minimum Gasteiger partial charge on any atom is -0.466 e. The Labute approximate surface area is 122 Å². The fourth-order valence-corrected chi connectivity index (χ4v) is 2.85. The molecule has 2 heteroatoms. The largest absolute Gasteiger partial charge is 0.466 e. The van der Waals surface area contributed by atoms with E-state index in [-0.39, 0.29) is 11.5 Å². The van der Waals surface area contributed by atoms with Crippen LogP contribution in [0.2, 0.25) is 0 Å². The molecule has 0 aliphatic heterocycles. The van der Waals surface area contributed by atoms with E-state index in [4.69, 9.17) is 4.42 Å². The predicted molar refractivity (Wildman–Crippen MR) is 84.2 cm³/mol. The molecule has 20 heavy (non-hydrogen) atoms. The van der Waals surface area contributed by atoms with Crippen molar-refractivity contribution in [2.24, 2.45) is 0 Å². The molecule has 0 aliphatic rings. The van der Waals surface area contributed by atoms with Gasteiger partial charge < -0.3 is 9.73 Å². The SMILES string of the molecule is CNC(c1ccccc1C(C)(C)C)c1cc(C)oc1C. The Morgan fingerprint density at radius 1 is 1.05 bits per heavy atom. The monoisotopic (exact) mass is 271 g/mol. The molecule has 0 saturated carbocycles. The summed E-state index contributed by atoms with van der Waals surface area (Å²) in [6, 6.07) is 11.0. The Morgan fingerprint density at radius 2 is 1.70 bits per heavy atom. The first-order valence-corrected chi connectivity index (χ1v) is 7.18. The summed E-state index contributed by atoms with van der Waals surface area (Å²) >= 11 is 0. The van der Waals surface area contributed by atoms with Gasteiger partial charge in [-0.3, -0.25) is 0 Å². The lowest BCUT2D eigenvalue weighted by atomic mass is 9.80. The predicted octanol–water partition coefficient (Wildman–Crippen LogP) is 4.50. The third kappa shape index (κ3) is 2.80. The molecule has 108 valence electrons. The molecular weight excluding hydrogens is 246 g/mol. The van der Waals surface area contributed by atoms with Crippen LogP contribution in [-0.2, 0) is 5.41 Å². The standard InChI is InChI=1S/C18H25NO/c1-12-11-15(13(2)20-12)17(19-6)14-9-7-8-10-16(14)18(3,4)5/h7-11,17,19H,1-6H3. The first-order valence-electron chi connectivity index (χ1n) is 7.18. The second-order valence-electron chi connectivity index (χ2n) is 6.43. The van der Waals surface area contributed by atoms with Crippen molar-refractivity contribution in [3.8, 4) is 0 Å². The summed E-state index contributed by atoms with van der Waals surface area (Å²) in [7, 11) is 2.01. The molecule has 0 radical (unpaired) electrons. The van der Waals surface area contributed by atoms with Gasteiger partial charge in [0.15, 0.2) is 0 Å². The Bertz CT molecular complexity index is 590. The highest BCUT2D eigenvalue weighted by molar-refractivity contribution is 5.42. The Hall–Kier alpha value is -1.54. The second kappa shape index (κ2) is 5.45. The highest BCUT2D eigenvalue weighted by atomic mass is 16.3. The summed E-state index contributed by atoms with van der Waals surface area (Å²) in [5.74, 6) is 1.96. The molecule has 0 spiro atoms. The van der Waals surface area contributed by atoms with Crippen molar-refractivity contribution >= 4 is 0 Å². The second-order valence-corrected chi connectivity index (χ2v) is 6.43. The van der Waals surface area contributed by atoms with Crippen molar-refractivity contribution in [1.82, 2.24) is 5.32 Å². The van der Waals surface area contributed by atoms with Gasteiger partial charge in [-0.25, -0.2) is 0 Å². The van der Waals surface area contributed by atoms with E-state index in [1.54, 1.807) is 0 Å². The molecule has 1 aromatic heterocycles. The summed E-state index contributed by atoms with van der Waals surface area (Å²) in [5, 5.41) is 3.44. The van der Waals surface area contributed by atoms with E-state index in [1.807, 2.05) is 20.9 Å². The van der Waals surface area contributed by atoms with Gasteiger partial charge in [0, 0.05) is 5.56 Å². The molecular formula is C18H25NO. The number of aryl methyl sites for hydroxylation is 2. The Kier molecular flexibility index (Phi) is 4.05. The van der Waals surface area contributed by atoms with E-state index < -0.39 is 0 Å². The van der Waals surface area contributed by atoms with E-state index in [1.165, 1.54) is 16.7 Å². The van der Waals surface area contributed by atoms with Crippen molar-refractivity contribution < 1.29 is 4.42 Å². The summed E-state index contributed by atoms with van der Waals surface area (Å²) in [6.45, 7) is 10.8. The maximum atomic E-state index is 5.70. The number of furan rings is 1. The van der Waals surface area contributed by atoms with Gasteiger partial charge in [-0.1, -0.05) is 45.0 Å². The fourth-order valence-electron chi connectivity index (χ4n) is 2.85. The van der Waals surface area contributed by atoms with Crippen molar-refractivity contribution in [2.75, 3.05) is 7.05 Å². The molecule has 2 rings (SSSR count). The lowest BCUT2D eigenvalue weighted by Gasteiger charge is -2.27. The highest BCUT2D eigenvalue weighted by Crippen LogP contribution is 2.34. The van der Waals surface area contributed by atoms with E-state index in [0.29, 0.717) is 0 Å². The van der Waals surface area contributed by atoms with Gasteiger partial charge in [-0.2, -0.15) is 0 Å². The Morgan fingerprint density at radius 3 is 2.20 bits per heavy atom. The lowest BCUT2D eigenvalue weighted by molar-refractivity contribution is 0.495. The minimum atomic E-state index is 0.123. The number of hydrogen-bond donors (Lipinski definition) is 1. The van der Waals surface area contributed by atoms with Crippen LogP contribution in [0.15, 0.2) is 34.7 Å². The summed E-state index contributed by atoms with van der Waals surface area (Å²) < 4.78 is 5.70. The van der Waals surface area contributed by atoms with Crippen LogP contribution in [0.4, 0.5) is 0 Å². The summed E-state index contributed by atoms with van der Waals surface area (Å²) in [5.41, 5.74) is 4.05. The maximum absolute atomic E-state index is 5.70.